The van der Waals surface area contributed by atoms with Gasteiger partial charge >= 0.3 is 0 Å². The highest BCUT2D eigenvalue weighted by Crippen LogP contribution is 2.31. The van der Waals surface area contributed by atoms with E-state index in [1.165, 1.54) is 17.0 Å². The number of hydrogen-bond acceptors (Lipinski definition) is 6. The van der Waals surface area contributed by atoms with Crippen LogP contribution in [0.4, 0.5) is 24.5 Å². The van der Waals surface area contributed by atoms with Crippen molar-refractivity contribution >= 4 is 45.8 Å². The third kappa shape index (κ3) is 8.57. The fraction of sp³-hybridized carbons (Fsp3) is 0.259. The topological polar surface area (TPSA) is 111 Å². The molecular weight excluding hydrogens is 630 g/mol. The van der Waals surface area contributed by atoms with Crippen molar-refractivity contribution in [1.29, 1.82) is 0 Å². The third-order valence-corrected chi connectivity index (χ3v) is 6.19. The SMILES string of the molecule is CC(=O)O.O=C(c1ccc(F)c(F)c1Nc1ccc(I)cc1F)N1CC(O)(CNCCOc2ccccc2)C1. The predicted molar refractivity (Wildman–Crippen MR) is 148 cm³/mol. The second kappa shape index (κ2) is 13.6. The fourth-order valence-electron chi connectivity index (χ4n) is 3.75. The number of halogens is 4. The average Bonchev–Trinajstić information content (AvgIpc) is 2.86. The molecule has 0 spiro atoms. The van der Waals surface area contributed by atoms with Gasteiger partial charge in [0.15, 0.2) is 11.6 Å². The Morgan fingerprint density at radius 1 is 1.05 bits per heavy atom. The lowest BCUT2D eigenvalue weighted by molar-refractivity contribution is -0.134. The van der Waals surface area contributed by atoms with E-state index in [9.17, 15) is 23.1 Å². The van der Waals surface area contributed by atoms with E-state index in [0.29, 0.717) is 16.7 Å². The van der Waals surface area contributed by atoms with E-state index in [-0.39, 0.29) is 30.9 Å². The number of nitrogens with zero attached hydrogens (tertiary/aromatic N) is 1. The summed E-state index contributed by atoms with van der Waals surface area (Å²) in [4.78, 5) is 23.3. The van der Waals surface area contributed by atoms with Crippen LogP contribution in [0, 0.1) is 21.0 Å². The minimum Gasteiger partial charge on any atom is -0.492 e. The molecule has 1 fully saturated rings. The number of aliphatic carboxylic acids is 1. The maximum atomic E-state index is 14.6. The minimum atomic E-state index is -1.29. The summed E-state index contributed by atoms with van der Waals surface area (Å²) in [6, 6.07) is 15.5. The van der Waals surface area contributed by atoms with Crippen LogP contribution in [0.3, 0.4) is 0 Å². The molecule has 3 aromatic rings. The number of carboxylic acids is 1. The number of carboxylic acid groups (broad SMARTS) is 1. The molecule has 1 aliphatic heterocycles. The van der Waals surface area contributed by atoms with Crippen LogP contribution in [0.1, 0.15) is 17.3 Å². The number of ether oxygens (including phenoxy) is 1. The fourth-order valence-corrected chi connectivity index (χ4v) is 4.20. The Bertz CT molecular complexity index is 1300. The first-order valence-corrected chi connectivity index (χ1v) is 12.9. The largest absolute Gasteiger partial charge is 0.492 e. The van der Waals surface area contributed by atoms with Crippen molar-refractivity contribution in [2.24, 2.45) is 0 Å². The summed E-state index contributed by atoms with van der Waals surface area (Å²) in [5, 5.41) is 23.7. The lowest BCUT2D eigenvalue weighted by Crippen LogP contribution is -2.67. The van der Waals surface area contributed by atoms with Gasteiger partial charge in [0.2, 0.25) is 0 Å². The Balaban J connectivity index is 0.000000983. The lowest BCUT2D eigenvalue weighted by atomic mass is 9.92. The summed E-state index contributed by atoms with van der Waals surface area (Å²) in [6.07, 6.45) is 0. The van der Waals surface area contributed by atoms with Gasteiger partial charge in [-0.3, -0.25) is 9.59 Å². The predicted octanol–water partition coefficient (Wildman–Crippen LogP) is 4.40. The zero-order valence-corrected chi connectivity index (χ0v) is 23.0. The molecule has 0 atom stereocenters. The normalized spacial score (nSPS) is 13.5. The standard InChI is InChI=1S/C25H23F3IN3O3.C2H4O2/c26-19-8-7-18(23(22(19)28)31-21-9-6-16(29)12-20(21)27)24(33)32-14-25(34,15-32)13-30-10-11-35-17-4-2-1-3-5-17;1-2(3)4/h1-9,12,30-31,34H,10-11,13-15H2;1H3,(H,3,4). The van der Waals surface area contributed by atoms with Crippen molar-refractivity contribution < 1.29 is 37.7 Å². The van der Waals surface area contributed by atoms with Gasteiger partial charge in [0.25, 0.3) is 11.9 Å². The van der Waals surface area contributed by atoms with Crippen LogP contribution >= 0.6 is 22.6 Å². The molecule has 0 radical (unpaired) electrons. The molecule has 3 aromatic carbocycles. The van der Waals surface area contributed by atoms with Gasteiger partial charge in [-0.05, 0) is 65.1 Å². The van der Waals surface area contributed by atoms with Crippen molar-refractivity contribution in [1.82, 2.24) is 10.2 Å². The Hall–Kier alpha value is -3.36. The Labute approximate surface area is 236 Å². The number of nitrogens with one attached hydrogen (secondary N) is 2. The van der Waals surface area contributed by atoms with Crippen molar-refractivity contribution in [2.75, 3.05) is 38.1 Å². The van der Waals surface area contributed by atoms with Crippen LogP contribution in [0.2, 0.25) is 0 Å². The van der Waals surface area contributed by atoms with Crippen molar-refractivity contribution in [2.45, 2.75) is 12.5 Å². The first-order valence-electron chi connectivity index (χ1n) is 11.8. The maximum Gasteiger partial charge on any atom is 0.300 e. The number of β-amino-alcohol motifs (C(OH)–C–C–N with tert-alkyl or cyclic N) is 1. The second-order valence-corrected chi connectivity index (χ2v) is 10.0. The maximum absolute atomic E-state index is 14.6. The number of aliphatic hydroxyl groups is 1. The van der Waals surface area contributed by atoms with Gasteiger partial charge in [-0.2, -0.15) is 0 Å². The first kappa shape index (κ1) is 30.2. The van der Waals surface area contributed by atoms with Crippen LogP contribution in [0.25, 0.3) is 0 Å². The van der Waals surface area contributed by atoms with Gasteiger partial charge in [-0.1, -0.05) is 18.2 Å². The Morgan fingerprint density at radius 2 is 1.72 bits per heavy atom. The number of carbonyl (C=O) groups is 2. The average molecular weight is 657 g/mol. The lowest BCUT2D eigenvalue weighted by Gasteiger charge is -2.46. The molecule has 4 rings (SSSR count). The highest BCUT2D eigenvalue weighted by molar-refractivity contribution is 14.1. The van der Waals surface area contributed by atoms with Gasteiger partial charge in [0, 0.05) is 23.6 Å². The van der Waals surface area contributed by atoms with E-state index in [4.69, 9.17) is 14.6 Å². The number of benzene rings is 3. The summed E-state index contributed by atoms with van der Waals surface area (Å²) in [6.45, 7) is 2.22. The monoisotopic (exact) mass is 657 g/mol. The van der Waals surface area contributed by atoms with Gasteiger partial charge in [-0.15, -0.1) is 0 Å². The number of hydrogen-bond donors (Lipinski definition) is 4. The molecule has 12 heteroatoms. The molecular formula is C27H27F3IN3O5. The summed E-state index contributed by atoms with van der Waals surface area (Å²) >= 11 is 1.92. The number of likely N-dealkylation sites (tertiary alicyclic amines) is 1. The number of para-hydroxylation sites is 1. The molecule has 0 bridgehead atoms. The number of anilines is 2. The quantitative estimate of drug-likeness (QED) is 0.200. The van der Waals surface area contributed by atoms with Crippen LogP contribution in [0.5, 0.6) is 5.75 Å². The van der Waals surface area contributed by atoms with Gasteiger partial charge in [0.1, 0.15) is 23.8 Å². The smallest absolute Gasteiger partial charge is 0.300 e. The molecule has 0 saturated carbocycles. The third-order valence-electron chi connectivity index (χ3n) is 5.52. The van der Waals surface area contributed by atoms with E-state index in [0.717, 1.165) is 24.8 Å². The van der Waals surface area contributed by atoms with E-state index in [1.54, 1.807) is 6.07 Å². The minimum absolute atomic E-state index is 0.00864. The van der Waals surface area contributed by atoms with Crippen LogP contribution in [-0.2, 0) is 4.79 Å². The molecule has 1 amide bonds. The number of rotatable bonds is 9. The summed E-state index contributed by atoms with van der Waals surface area (Å²) in [5.74, 6) is -3.81. The molecule has 1 heterocycles. The van der Waals surface area contributed by atoms with Crippen molar-refractivity contribution in [3.63, 3.8) is 0 Å². The van der Waals surface area contributed by atoms with E-state index in [2.05, 4.69) is 10.6 Å². The second-order valence-electron chi connectivity index (χ2n) is 8.78. The highest BCUT2D eigenvalue weighted by Gasteiger charge is 2.44. The highest BCUT2D eigenvalue weighted by atomic mass is 127. The van der Waals surface area contributed by atoms with Gasteiger partial charge in [0.05, 0.1) is 30.0 Å². The van der Waals surface area contributed by atoms with E-state index >= 15 is 0 Å². The molecule has 4 N–H and O–H groups in total. The molecule has 1 saturated heterocycles. The number of carbonyl (C=O) groups excluding carboxylic acids is 1. The van der Waals surface area contributed by atoms with Crippen molar-refractivity contribution in [3.05, 3.63) is 87.2 Å². The zero-order valence-electron chi connectivity index (χ0n) is 20.9. The van der Waals surface area contributed by atoms with Gasteiger partial charge < -0.3 is 30.5 Å². The van der Waals surface area contributed by atoms with E-state index in [1.807, 2.05) is 52.9 Å². The molecule has 0 aromatic heterocycles. The molecule has 39 heavy (non-hydrogen) atoms. The summed E-state index contributed by atoms with van der Waals surface area (Å²) < 4.78 is 49.0. The first-order chi connectivity index (χ1) is 18.5. The number of amides is 1. The van der Waals surface area contributed by atoms with Crippen LogP contribution in [-0.4, -0.2) is 65.4 Å². The summed E-state index contributed by atoms with van der Waals surface area (Å²) in [5.41, 5.74) is -1.86. The molecule has 8 nitrogen and oxygen atoms in total. The molecule has 208 valence electrons. The summed E-state index contributed by atoms with van der Waals surface area (Å²) in [7, 11) is 0. The Kier molecular flexibility index (Phi) is 10.5. The van der Waals surface area contributed by atoms with Gasteiger partial charge in [-0.25, -0.2) is 13.2 Å². The van der Waals surface area contributed by atoms with Crippen LogP contribution < -0.4 is 15.4 Å². The molecule has 1 aliphatic rings. The van der Waals surface area contributed by atoms with Crippen molar-refractivity contribution in [3.8, 4) is 5.75 Å². The van der Waals surface area contributed by atoms with Crippen LogP contribution in [0.15, 0.2) is 60.7 Å². The molecule has 0 aliphatic carbocycles. The van der Waals surface area contributed by atoms with E-state index < -0.39 is 40.6 Å². The molecule has 0 unspecified atom stereocenters. The Morgan fingerprint density at radius 3 is 2.36 bits per heavy atom. The zero-order chi connectivity index (χ0) is 28.6.